The number of hydrogen-bond acceptors (Lipinski definition) is 5. The van der Waals surface area contributed by atoms with Crippen LogP contribution in [0.4, 0.5) is 0 Å². The first-order valence-electron chi connectivity index (χ1n) is 10.8. The van der Waals surface area contributed by atoms with Crippen LogP contribution in [0.2, 0.25) is 0 Å². The van der Waals surface area contributed by atoms with Gasteiger partial charge in [-0.05, 0) is 24.0 Å². The molecular formula is C24H29BN2O6. The number of carboxylic acid groups (broad SMARTS) is 1. The fourth-order valence-electron chi connectivity index (χ4n) is 3.27. The molecule has 0 fully saturated rings. The van der Waals surface area contributed by atoms with Crippen molar-refractivity contribution in [2.24, 2.45) is 5.92 Å². The minimum atomic E-state index is -1.20. The number of benzene rings is 2. The number of nitrogens with one attached hydrogen (secondary N) is 2. The Morgan fingerprint density at radius 1 is 0.939 bits per heavy atom. The van der Waals surface area contributed by atoms with Crippen LogP contribution in [0.15, 0.2) is 54.6 Å². The second-order valence-electron chi connectivity index (χ2n) is 8.17. The van der Waals surface area contributed by atoms with Gasteiger partial charge >= 0.3 is 5.97 Å². The third kappa shape index (κ3) is 8.44. The van der Waals surface area contributed by atoms with Gasteiger partial charge in [0.2, 0.25) is 5.91 Å². The number of carbonyl (C=O) groups excluding carboxylic acids is 3. The summed E-state index contributed by atoms with van der Waals surface area (Å²) in [6, 6.07) is 14.9. The van der Waals surface area contributed by atoms with Crippen LogP contribution in [-0.4, -0.2) is 55.1 Å². The molecule has 2 rings (SSSR count). The Bertz CT molecular complexity index is 980. The third-order valence-corrected chi connectivity index (χ3v) is 4.88. The zero-order valence-electron chi connectivity index (χ0n) is 19.0. The van der Waals surface area contributed by atoms with Gasteiger partial charge < -0.3 is 25.3 Å². The zero-order chi connectivity index (χ0) is 24.4. The largest absolute Gasteiger partial charge is 0.483 e. The van der Waals surface area contributed by atoms with Crippen molar-refractivity contribution in [1.82, 2.24) is 10.6 Å². The number of aliphatic carboxylic acids is 1. The van der Waals surface area contributed by atoms with E-state index in [4.69, 9.17) is 9.84 Å². The summed E-state index contributed by atoms with van der Waals surface area (Å²) >= 11 is 0. The van der Waals surface area contributed by atoms with E-state index >= 15 is 0 Å². The molecule has 0 saturated carbocycles. The van der Waals surface area contributed by atoms with E-state index in [1.165, 1.54) is 7.85 Å². The Kier molecular flexibility index (Phi) is 9.66. The molecule has 0 aliphatic heterocycles. The summed E-state index contributed by atoms with van der Waals surface area (Å²) in [6.07, 6.45) is -0.210. The van der Waals surface area contributed by atoms with Gasteiger partial charge in [-0.25, -0.2) is 0 Å². The predicted octanol–water partition coefficient (Wildman–Crippen LogP) is 1.38. The van der Waals surface area contributed by atoms with Crippen molar-refractivity contribution in [3.63, 3.8) is 0 Å². The highest BCUT2D eigenvalue weighted by atomic mass is 16.5. The maximum Gasteiger partial charge on any atom is 0.305 e. The number of hydrogen-bond donors (Lipinski definition) is 3. The lowest BCUT2D eigenvalue weighted by Gasteiger charge is -2.23. The van der Waals surface area contributed by atoms with Gasteiger partial charge in [-0.15, -0.1) is 0 Å². The van der Waals surface area contributed by atoms with Gasteiger partial charge in [0.15, 0.2) is 14.5 Å². The van der Waals surface area contributed by atoms with Crippen LogP contribution in [0.1, 0.15) is 26.7 Å². The number of carboxylic acids is 1. The fourth-order valence-corrected chi connectivity index (χ4v) is 3.27. The van der Waals surface area contributed by atoms with Crippen molar-refractivity contribution in [1.29, 1.82) is 0 Å². The summed E-state index contributed by atoms with van der Waals surface area (Å²) in [6.45, 7) is 3.47. The van der Waals surface area contributed by atoms with Gasteiger partial charge in [0.25, 0.3) is 5.91 Å². The molecule has 0 heterocycles. The Morgan fingerprint density at radius 2 is 1.58 bits per heavy atom. The molecule has 8 nitrogen and oxygen atoms in total. The van der Waals surface area contributed by atoms with Crippen LogP contribution in [0.25, 0.3) is 11.1 Å². The van der Waals surface area contributed by atoms with E-state index in [0.29, 0.717) is 12.2 Å². The molecule has 0 spiro atoms. The summed E-state index contributed by atoms with van der Waals surface area (Å²) in [7, 11) is 1.21. The highest BCUT2D eigenvalue weighted by molar-refractivity contribution is 6.59. The SMILES string of the molecule is BC(=O)[C@H](CC(=O)O)NC(=O)[C@H](CC(C)C)NC(=O)COc1ccccc1-c1ccccc1. The molecular weight excluding hydrogens is 423 g/mol. The molecule has 2 amide bonds. The molecule has 2 aromatic rings. The Labute approximate surface area is 194 Å². The fraction of sp³-hybridized carbons (Fsp3) is 0.333. The minimum Gasteiger partial charge on any atom is -0.483 e. The van der Waals surface area contributed by atoms with Gasteiger partial charge in [-0.1, -0.05) is 62.4 Å². The molecule has 9 heteroatoms. The molecule has 3 N–H and O–H groups in total. The van der Waals surface area contributed by atoms with Crippen LogP contribution in [-0.2, 0) is 19.2 Å². The lowest BCUT2D eigenvalue weighted by Crippen LogP contribution is -2.53. The second-order valence-corrected chi connectivity index (χ2v) is 8.17. The average molecular weight is 452 g/mol. The maximum absolute atomic E-state index is 12.7. The Hall–Kier alpha value is -3.62. The number of rotatable bonds is 12. The monoisotopic (exact) mass is 452 g/mol. The van der Waals surface area contributed by atoms with E-state index in [2.05, 4.69) is 10.6 Å². The first-order chi connectivity index (χ1) is 15.7. The molecule has 2 aromatic carbocycles. The van der Waals surface area contributed by atoms with Crippen LogP contribution < -0.4 is 15.4 Å². The van der Waals surface area contributed by atoms with Gasteiger partial charge in [0.05, 0.1) is 12.5 Å². The van der Waals surface area contributed by atoms with Crippen molar-refractivity contribution in [3.05, 3.63) is 54.6 Å². The Balaban J connectivity index is 2.05. The molecule has 0 aliphatic carbocycles. The molecule has 0 aliphatic rings. The number of ether oxygens (including phenoxy) is 1. The van der Waals surface area contributed by atoms with E-state index in [-0.39, 0.29) is 12.5 Å². The number of amides is 2. The molecule has 33 heavy (non-hydrogen) atoms. The summed E-state index contributed by atoms with van der Waals surface area (Å²) in [4.78, 5) is 48.0. The second kappa shape index (κ2) is 12.4. The molecule has 2 atom stereocenters. The Morgan fingerprint density at radius 3 is 2.18 bits per heavy atom. The van der Waals surface area contributed by atoms with Crippen LogP contribution >= 0.6 is 0 Å². The van der Waals surface area contributed by atoms with Crippen LogP contribution in [0.3, 0.4) is 0 Å². The summed E-state index contributed by atoms with van der Waals surface area (Å²) in [5, 5.41) is 14.0. The van der Waals surface area contributed by atoms with Crippen molar-refractivity contribution in [2.45, 2.75) is 38.8 Å². The van der Waals surface area contributed by atoms with E-state index in [0.717, 1.165) is 11.1 Å². The van der Waals surface area contributed by atoms with E-state index in [1.54, 1.807) is 12.1 Å². The van der Waals surface area contributed by atoms with Crippen molar-refractivity contribution < 1.29 is 29.0 Å². The lowest BCUT2D eigenvalue weighted by atomic mass is 9.92. The van der Waals surface area contributed by atoms with Gasteiger partial charge in [0.1, 0.15) is 17.5 Å². The van der Waals surface area contributed by atoms with Gasteiger partial charge in [-0.3, -0.25) is 14.4 Å². The van der Waals surface area contributed by atoms with Crippen molar-refractivity contribution in [2.75, 3.05) is 6.61 Å². The maximum atomic E-state index is 12.7. The predicted molar refractivity (Wildman–Crippen MR) is 126 cm³/mol. The molecule has 174 valence electrons. The molecule has 0 radical (unpaired) electrons. The van der Waals surface area contributed by atoms with Crippen molar-refractivity contribution >= 4 is 31.3 Å². The number of para-hydroxylation sites is 1. The summed E-state index contributed by atoms with van der Waals surface area (Å²) < 4.78 is 5.74. The highest BCUT2D eigenvalue weighted by Crippen LogP contribution is 2.29. The first-order valence-corrected chi connectivity index (χ1v) is 10.8. The summed E-state index contributed by atoms with van der Waals surface area (Å²) in [5.74, 6) is -1.72. The highest BCUT2D eigenvalue weighted by Gasteiger charge is 2.27. The number of carbonyl (C=O) groups is 4. The van der Waals surface area contributed by atoms with Crippen molar-refractivity contribution in [3.8, 4) is 16.9 Å². The van der Waals surface area contributed by atoms with Gasteiger partial charge in [-0.2, -0.15) is 0 Å². The smallest absolute Gasteiger partial charge is 0.305 e. The molecule has 0 aromatic heterocycles. The standard InChI is InChI=1S/C24H29BN2O6/c1-15(2)12-19(24(32)27-18(23(25)31)13-22(29)30)26-21(28)14-33-20-11-7-6-10-17(20)16-8-4-3-5-9-16/h3-11,15,18-19H,12-14,25H2,1-2H3,(H,26,28)(H,27,32)(H,29,30)/t18-,19-/m0/s1. The van der Waals surface area contributed by atoms with E-state index < -0.39 is 42.0 Å². The minimum absolute atomic E-state index is 0.0658. The quantitative estimate of drug-likeness (QED) is 0.419. The lowest BCUT2D eigenvalue weighted by molar-refractivity contribution is -0.139. The molecule has 0 saturated heterocycles. The zero-order valence-corrected chi connectivity index (χ0v) is 19.0. The topological polar surface area (TPSA) is 122 Å². The first kappa shape index (κ1) is 25.6. The van der Waals surface area contributed by atoms with Gasteiger partial charge in [0, 0.05) is 5.56 Å². The van der Waals surface area contributed by atoms with E-state index in [9.17, 15) is 19.2 Å². The van der Waals surface area contributed by atoms with Crippen LogP contribution in [0, 0.1) is 5.92 Å². The summed E-state index contributed by atoms with van der Waals surface area (Å²) in [5.41, 5.74) is 1.31. The molecule has 0 unspecified atom stereocenters. The third-order valence-electron chi connectivity index (χ3n) is 4.88. The van der Waals surface area contributed by atoms with E-state index in [1.807, 2.05) is 56.3 Å². The average Bonchev–Trinajstić information content (AvgIpc) is 2.77. The normalized spacial score (nSPS) is 12.5. The van der Waals surface area contributed by atoms with Crippen LogP contribution in [0.5, 0.6) is 5.75 Å². The molecule has 0 bridgehead atoms.